The molecule has 0 aliphatic carbocycles. The van der Waals surface area contributed by atoms with Gasteiger partial charge < -0.3 is 4.57 Å². The van der Waals surface area contributed by atoms with Gasteiger partial charge in [-0.15, -0.1) is 11.3 Å². The molecule has 9 rings (SSSR count). The highest BCUT2D eigenvalue weighted by Gasteiger charge is 2.17. The summed E-state index contributed by atoms with van der Waals surface area (Å²) in [5.41, 5.74) is 5.84. The summed E-state index contributed by atoms with van der Waals surface area (Å²) in [5, 5.41) is 18.4. The molecule has 0 spiro atoms. The highest BCUT2D eigenvalue weighted by atomic mass is 32.1. The van der Waals surface area contributed by atoms with E-state index in [1.165, 1.54) is 58.3 Å². The highest BCUT2D eigenvalue weighted by molar-refractivity contribution is 7.25. The Kier molecular flexibility index (Phi) is 4.48. The van der Waals surface area contributed by atoms with E-state index in [9.17, 15) is 0 Å². The van der Waals surface area contributed by atoms with Gasteiger partial charge in [0, 0.05) is 41.7 Å². The topological polar surface area (TPSA) is 30.7 Å². The van der Waals surface area contributed by atoms with Crippen molar-refractivity contribution in [3.63, 3.8) is 0 Å². The zero-order valence-electron chi connectivity index (χ0n) is 21.4. The average molecular weight is 528 g/mol. The first-order valence-corrected chi connectivity index (χ1v) is 14.2. The second kappa shape index (κ2) is 8.22. The fourth-order valence-corrected chi connectivity index (χ4v) is 7.42. The number of fused-ring (bicyclic) bond motifs is 8. The Morgan fingerprint density at radius 2 is 1.20 bits per heavy atom. The maximum absolute atomic E-state index is 4.35. The molecule has 3 heterocycles. The van der Waals surface area contributed by atoms with Gasteiger partial charge in [0.15, 0.2) is 0 Å². The number of thiophene rings is 1. The molecular weight excluding hydrogens is 506 g/mol. The molecular formula is C36H21N3S. The van der Waals surface area contributed by atoms with Crippen molar-refractivity contribution in [3.05, 3.63) is 128 Å². The Morgan fingerprint density at radius 1 is 0.475 bits per heavy atom. The van der Waals surface area contributed by atoms with Crippen LogP contribution in [0.4, 0.5) is 0 Å². The highest BCUT2D eigenvalue weighted by Crippen LogP contribution is 2.41. The van der Waals surface area contributed by atoms with Crippen LogP contribution in [-0.2, 0) is 0 Å². The van der Waals surface area contributed by atoms with Crippen LogP contribution < -0.4 is 0 Å². The van der Waals surface area contributed by atoms with E-state index in [1.54, 1.807) is 0 Å². The Morgan fingerprint density at radius 3 is 2.10 bits per heavy atom. The summed E-state index contributed by atoms with van der Waals surface area (Å²) in [7, 11) is 0. The summed E-state index contributed by atoms with van der Waals surface area (Å²) in [6, 6.07) is 41.9. The third-order valence-electron chi connectivity index (χ3n) is 8.17. The van der Waals surface area contributed by atoms with Crippen molar-refractivity contribution in [1.29, 1.82) is 0 Å². The molecule has 40 heavy (non-hydrogen) atoms. The number of rotatable bonds is 2. The maximum Gasteiger partial charge on any atom is 0.0596 e. The second-order valence-electron chi connectivity index (χ2n) is 10.3. The van der Waals surface area contributed by atoms with Gasteiger partial charge in [-0.3, -0.25) is 0 Å². The first-order valence-electron chi connectivity index (χ1n) is 13.4. The molecule has 0 bridgehead atoms. The molecule has 6 aromatic carbocycles. The molecule has 0 radical (unpaired) electrons. The number of hydrogen-bond acceptors (Lipinski definition) is 3. The van der Waals surface area contributed by atoms with E-state index in [0.29, 0.717) is 0 Å². The van der Waals surface area contributed by atoms with Gasteiger partial charge >= 0.3 is 0 Å². The predicted octanol–water partition coefficient (Wildman–Crippen LogP) is 9.91. The minimum Gasteiger partial charge on any atom is -0.309 e. The Balaban J connectivity index is 1.34. The van der Waals surface area contributed by atoms with Crippen LogP contribution in [0, 0.1) is 0 Å². The van der Waals surface area contributed by atoms with Crippen LogP contribution in [-0.4, -0.2) is 14.8 Å². The normalized spacial score (nSPS) is 12.0. The quantitative estimate of drug-likeness (QED) is 0.224. The summed E-state index contributed by atoms with van der Waals surface area (Å²) >= 11 is 1.85. The van der Waals surface area contributed by atoms with Gasteiger partial charge in [0.2, 0.25) is 0 Å². The minimum atomic E-state index is 1.08. The number of hydrogen-bond donors (Lipinski definition) is 0. The lowest BCUT2D eigenvalue weighted by molar-refractivity contribution is 1.05. The first kappa shape index (κ1) is 21.8. The van der Waals surface area contributed by atoms with Crippen LogP contribution in [0.5, 0.6) is 0 Å². The smallest absolute Gasteiger partial charge is 0.0596 e. The molecule has 0 aliphatic rings. The minimum absolute atomic E-state index is 1.08. The van der Waals surface area contributed by atoms with Gasteiger partial charge in [0.25, 0.3) is 0 Å². The number of nitrogens with zero attached hydrogens (tertiary/aromatic N) is 3. The van der Waals surface area contributed by atoms with Crippen LogP contribution in [0.1, 0.15) is 0 Å². The van der Waals surface area contributed by atoms with E-state index >= 15 is 0 Å². The van der Waals surface area contributed by atoms with E-state index in [1.807, 2.05) is 23.7 Å². The van der Waals surface area contributed by atoms with E-state index < -0.39 is 0 Å². The summed E-state index contributed by atoms with van der Waals surface area (Å²) in [4.78, 5) is 0. The molecule has 0 saturated heterocycles. The molecule has 4 heteroatoms. The lowest BCUT2D eigenvalue weighted by Crippen LogP contribution is -1.97. The van der Waals surface area contributed by atoms with Crippen molar-refractivity contribution in [2.75, 3.05) is 0 Å². The van der Waals surface area contributed by atoms with Crippen LogP contribution in [0.2, 0.25) is 0 Å². The van der Waals surface area contributed by atoms with E-state index in [4.69, 9.17) is 0 Å². The Hall–Kier alpha value is -5.06. The molecule has 0 amide bonds. The molecule has 0 atom stereocenters. The predicted molar refractivity (Wildman–Crippen MR) is 170 cm³/mol. The number of para-hydroxylation sites is 1. The van der Waals surface area contributed by atoms with Crippen molar-refractivity contribution in [2.24, 2.45) is 0 Å². The largest absolute Gasteiger partial charge is 0.309 e. The molecule has 9 aromatic rings. The van der Waals surface area contributed by atoms with Gasteiger partial charge in [-0.05, 0) is 64.4 Å². The van der Waals surface area contributed by atoms with E-state index in [-0.39, 0.29) is 0 Å². The van der Waals surface area contributed by atoms with Gasteiger partial charge in [-0.1, -0.05) is 72.8 Å². The molecule has 186 valence electrons. The first-order chi connectivity index (χ1) is 19.8. The molecule has 0 N–H and O–H groups in total. The standard InChI is InChI=1S/C36H21N3S/c1-2-8-23-19-34-28(17-22(23)7-1)26-9-3-5-11-32(26)39(34)33-15-14-25(30-20-37-38-21-31(30)33)24-13-16-36-29(18-24)27-10-4-6-12-35(27)40-36/h1-21H. The van der Waals surface area contributed by atoms with Gasteiger partial charge in [-0.25, -0.2) is 0 Å². The van der Waals surface area contributed by atoms with Crippen LogP contribution in [0.3, 0.4) is 0 Å². The molecule has 0 aliphatic heterocycles. The fraction of sp³-hybridized carbons (Fsp3) is 0. The third kappa shape index (κ3) is 3.05. The Bertz CT molecular complexity index is 2450. The summed E-state index contributed by atoms with van der Waals surface area (Å²) in [5.74, 6) is 0. The molecule has 0 unspecified atom stereocenters. The van der Waals surface area contributed by atoms with Crippen LogP contribution in [0.15, 0.2) is 128 Å². The lowest BCUT2D eigenvalue weighted by atomic mass is 9.97. The van der Waals surface area contributed by atoms with E-state index in [0.717, 1.165) is 22.0 Å². The maximum atomic E-state index is 4.35. The number of aromatic nitrogens is 3. The summed E-state index contributed by atoms with van der Waals surface area (Å²) in [6.07, 6.45) is 3.82. The van der Waals surface area contributed by atoms with Crippen molar-refractivity contribution in [3.8, 4) is 16.8 Å². The number of benzene rings is 6. The lowest BCUT2D eigenvalue weighted by Gasteiger charge is -2.14. The van der Waals surface area contributed by atoms with E-state index in [2.05, 4.69) is 130 Å². The third-order valence-corrected chi connectivity index (χ3v) is 9.32. The van der Waals surface area contributed by atoms with Crippen LogP contribution >= 0.6 is 11.3 Å². The average Bonchev–Trinajstić information content (AvgIpc) is 3.54. The molecule has 0 fully saturated rings. The second-order valence-corrected chi connectivity index (χ2v) is 11.4. The van der Waals surface area contributed by atoms with Crippen molar-refractivity contribution in [1.82, 2.24) is 14.8 Å². The van der Waals surface area contributed by atoms with Gasteiger partial charge in [0.1, 0.15) is 0 Å². The fourth-order valence-electron chi connectivity index (χ4n) is 6.34. The monoisotopic (exact) mass is 527 g/mol. The Labute approximate surface area is 233 Å². The molecule has 3 nitrogen and oxygen atoms in total. The molecule has 3 aromatic heterocycles. The van der Waals surface area contributed by atoms with Crippen molar-refractivity contribution < 1.29 is 0 Å². The molecule has 0 saturated carbocycles. The van der Waals surface area contributed by atoms with Crippen molar-refractivity contribution in [2.45, 2.75) is 0 Å². The van der Waals surface area contributed by atoms with Gasteiger partial charge in [0.05, 0.1) is 29.1 Å². The zero-order chi connectivity index (χ0) is 26.2. The SMILES string of the molecule is c1ccc2cc3c(cc2c1)c1ccccc1n3-c1ccc(-c2ccc3sc4ccccc4c3c2)c2cnncc12. The summed E-state index contributed by atoms with van der Waals surface area (Å²) in [6.45, 7) is 0. The summed E-state index contributed by atoms with van der Waals surface area (Å²) < 4.78 is 5.02. The van der Waals surface area contributed by atoms with Crippen molar-refractivity contribution >= 4 is 74.9 Å². The van der Waals surface area contributed by atoms with Gasteiger partial charge in [-0.2, -0.15) is 10.2 Å². The van der Waals surface area contributed by atoms with Crippen LogP contribution in [0.25, 0.3) is 80.3 Å². The zero-order valence-corrected chi connectivity index (χ0v) is 22.2.